The average molecular weight is 470 g/mol. The molecule has 2 unspecified atom stereocenters. The molecule has 1 aromatic carbocycles. The molecule has 4 aliphatic rings. The fourth-order valence-corrected chi connectivity index (χ4v) is 5.63. The van der Waals surface area contributed by atoms with Gasteiger partial charge in [0.05, 0.1) is 6.54 Å². The van der Waals surface area contributed by atoms with Crippen molar-refractivity contribution in [3.05, 3.63) is 46.5 Å². The topological polar surface area (TPSA) is 110 Å². The second-order valence-corrected chi connectivity index (χ2v) is 9.69. The molecule has 2 aromatic rings. The minimum Gasteiger partial charge on any atom is -0.480 e. The maximum atomic E-state index is 12.6. The van der Waals surface area contributed by atoms with Crippen LogP contribution in [0.5, 0.6) is 5.75 Å². The van der Waals surface area contributed by atoms with E-state index >= 15 is 0 Å². The van der Waals surface area contributed by atoms with Gasteiger partial charge in [0.1, 0.15) is 5.82 Å². The van der Waals surface area contributed by atoms with E-state index in [0.717, 1.165) is 30.0 Å². The highest BCUT2D eigenvalue weighted by Gasteiger charge is 2.54. The SMILES string of the molecule is NC1c2cccc(Cl)c2CC1CCN1CC2(C1)CN(c1ccc3c(n1)NC(=O)CO3)C(=O)O2. The van der Waals surface area contributed by atoms with Gasteiger partial charge in [-0.05, 0) is 54.6 Å². The lowest BCUT2D eigenvalue weighted by molar-refractivity contribution is -0.118. The van der Waals surface area contributed by atoms with Gasteiger partial charge in [-0.25, -0.2) is 9.78 Å². The van der Waals surface area contributed by atoms with E-state index in [4.69, 9.17) is 26.8 Å². The Morgan fingerprint density at radius 3 is 2.88 bits per heavy atom. The summed E-state index contributed by atoms with van der Waals surface area (Å²) >= 11 is 6.36. The highest BCUT2D eigenvalue weighted by Crippen LogP contribution is 2.41. The van der Waals surface area contributed by atoms with Crippen LogP contribution in [0.4, 0.5) is 16.4 Å². The number of fused-ring (bicyclic) bond motifs is 2. The molecule has 0 bridgehead atoms. The first kappa shape index (κ1) is 20.7. The Morgan fingerprint density at radius 2 is 2.06 bits per heavy atom. The number of anilines is 2. The van der Waals surface area contributed by atoms with E-state index < -0.39 is 11.7 Å². The van der Waals surface area contributed by atoms with Crippen LogP contribution in [-0.4, -0.2) is 60.3 Å². The van der Waals surface area contributed by atoms with Crippen LogP contribution in [0, 0.1) is 5.92 Å². The van der Waals surface area contributed by atoms with Crippen LogP contribution in [0.15, 0.2) is 30.3 Å². The number of hydrogen-bond donors (Lipinski definition) is 2. The predicted octanol–water partition coefficient (Wildman–Crippen LogP) is 2.34. The lowest BCUT2D eigenvalue weighted by Crippen LogP contribution is -2.64. The van der Waals surface area contributed by atoms with Crippen LogP contribution in [-0.2, 0) is 16.0 Å². The zero-order valence-electron chi connectivity index (χ0n) is 17.9. The largest absolute Gasteiger partial charge is 0.480 e. The third-order valence-electron chi connectivity index (χ3n) is 7.04. The van der Waals surface area contributed by atoms with Crippen LogP contribution >= 0.6 is 11.6 Å². The molecule has 2 fully saturated rings. The second-order valence-electron chi connectivity index (χ2n) is 9.29. The first-order valence-corrected chi connectivity index (χ1v) is 11.5. The molecule has 1 spiro atoms. The van der Waals surface area contributed by atoms with E-state index in [1.807, 2.05) is 12.1 Å². The van der Waals surface area contributed by atoms with Crippen molar-refractivity contribution in [2.24, 2.45) is 11.7 Å². The van der Waals surface area contributed by atoms with Crippen molar-refractivity contribution in [2.75, 3.05) is 43.0 Å². The zero-order chi connectivity index (χ0) is 22.7. The van der Waals surface area contributed by atoms with Gasteiger partial charge in [-0.1, -0.05) is 23.7 Å². The van der Waals surface area contributed by atoms with Gasteiger partial charge in [0.25, 0.3) is 5.91 Å². The summed E-state index contributed by atoms with van der Waals surface area (Å²) in [5.74, 6) is 1.34. The molecule has 4 heterocycles. The van der Waals surface area contributed by atoms with E-state index in [1.165, 1.54) is 10.5 Å². The van der Waals surface area contributed by atoms with Crippen molar-refractivity contribution in [1.29, 1.82) is 0 Å². The van der Waals surface area contributed by atoms with Crippen LogP contribution in [0.25, 0.3) is 0 Å². The molecule has 0 radical (unpaired) electrons. The number of nitrogens with zero attached hydrogens (tertiary/aromatic N) is 3. The number of pyridine rings is 1. The number of rotatable bonds is 4. The monoisotopic (exact) mass is 469 g/mol. The van der Waals surface area contributed by atoms with Gasteiger partial charge >= 0.3 is 6.09 Å². The number of hydrogen-bond acceptors (Lipinski definition) is 7. The number of benzene rings is 1. The molecule has 172 valence electrons. The van der Waals surface area contributed by atoms with Crippen molar-refractivity contribution in [3.8, 4) is 5.75 Å². The predicted molar refractivity (Wildman–Crippen MR) is 122 cm³/mol. The Labute approximate surface area is 195 Å². The lowest BCUT2D eigenvalue weighted by atomic mass is 9.91. The smallest absolute Gasteiger partial charge is 0.416 e. The third-order valence-corrected chi connectivity index (χ3v) is 7.39. The standard InChI is InChI=1S/C23H24ClN5O4/c24-16-3-1-2-14-15(16)8-13(20(14)25)6-7-28-10-23(11-28)12-29(22(31)33-23)18-5-4-17-21(26-18)27-19(30)9-32-17/h1-5,13,20H,6-12,25H2,(H,26,27,30). The summed E-state index contributed by atoms with van der Waals surface area (Å²) < 4.78 is 11.1. The number of carbonyl (C=O) groups excluding carboxylic acids is 2. The molecule has 0 saturated carbocycles. The Bertz CT molecular complexity index is 1150. The Kier molecular flexibility index (Phi) is 4.76. The lowest BCUT2D eigenvalue weighted by Gasteiger charge is -2.46. The summed E-state index contributed by atoms with van der Waals surface area (Å²) in [7, 11) is 0. The van der Waals surface area contributed by atoms with E-state index in [1.54, 1.807) is 12.1 Å². The van der Waals surface area contributed by atoms with E-state index in [0.29, 0.717) is 42.9 Å². The van der Waals surface area contributed by atoms with Crippen molar-refractivity contribution >= 4 is 35.2 Å². The summed E-state index contributed by atoms with van der Waals surface area (Å²) in [6, 6.07) is 9.38. The van der Waals surface area contributed by atoms with Gasteiger partial charge in [-0.2, -0.15) is 0 Å². The fraction of sp³-hybridized carbons (Fsp3) is 0.435. The number of likely N-dealkylation sites (tertiary alicyclic amines) is 1. The Balaban J connectivity index is 1.06. The van der Waals surface area contributed by atoms with Crippen molar-refractivity contribution in [2.45, 2.75) is 24.5 Å². The molecule has 33 heavy (non-hydrogen) atoms. The Morgan fingerprint density at radius 1 is 1.21 bits per heavy atom. The first-order valence-electron chi connectivity index (χ1n) is 11.1. The van der Waals surface area contributed by atoms with Crippen LogP contribution < -0.4 is 20.7 Å². The summed E-state index contributed by atoms with van der Waals surface area (Å²) in [6.45, 7) is 2.63. The summed E-state index contributed by atoms with van der Waals surface area (Å²) in [5, 5.41) is 3.47. The molecule has 2 atom stereocenters. The Hall–Kier alpha value is -2.88. The first-order chi connectivity index (χ1) is 15.9. The molecule has 2 saturated heterocycles. The van der Waals surface area contributed by atoms with E-state index in [2.05, 4.69) is 21.3 Å². The van der Waals surface area contributed by atoms with Gasteiger partial charge in [0.2, 0.25) is 0 Å². The van der Waals surface area contributed by atoms with Crippen molar-refractivity contribution in [3.63, 3.8) is 0 Å². The molecular formula is C23H24ClN5O4. The fourth-order valence-electron chi connectivity index (χ4n) is 5.37. The number of carbonyl (C=O) groups is 2. The summed E-state index contributed by atoms with van der Waals surface area (Å²) in [4.78, 5) is 32.4. The van der Waals surface area contributed by atoms with E-state index in [9.17, 15) is 9.59 Å². The van der Waals surface area contributed by atoms with Crippen LogP contribution in [0.2, 0.25) is 5.02 Å². The van der Waals surface area contributed by atoms with Gasteiger partial charge in [-0.3, -0.25) is 14.6 Å². The number of halogens is 1. The highest BCUT2D eigenvalue weighted by atomic mass is 35.5. The molecule has 1 aliphatic carbocycles. The number of nitrogens with two attached hydrogens (primary N) is 1. The van der Waals surface area contributed by atoms with Gasteiger partial charge in [0.15, 0.2) is 23.8 Å². The normalized spacial score (nSPS) is 25.2. The molecule has 9 nitrogen and oxygen atoms in total. The van der Waals surface area contributed by atoms with Crippen LogP contribution in [0.3, 0.4) is 0 Å². The molecule has 6 rings (SSSR count). The average Bonchev–Trinajstić information content (AvgIpc) is 3.29. The van der Waals surface area contributed by atoms with Gasteiger partial charge in [-0.15, -0.1) is 0 Å². The maximum Gasteiger partial charge on any atom is 0.416 e. The summed E-state index contributed by atoms with van der Waals surface area (Å²) in [6.07, 6.45) is 1.45. The molecule has 10 heteroatoms. The molecular weight excluding hydrogens is 446 g/mol. The number of nitrogens with one attached hydrogen (secondary N) is 1. The number of ether oxygens (including phenoxy) is 2. The van der Waals surface area contributed by atoms with E-state index in [-0.39, 0.29) is 18.6 Å². The minimum atomic E-state index is -0.529. The zero-order valence-corrected chi connectivity index (χ0v) is 18.7. The number of aromatic nitrogens is 1. The molecule has 3 N–H and O–H groups in total. The molecule has 2 amide bonds. The van der Waals surface area contributed by atoms with Crippen molar-refractivity contribution in [1.82, 2.24) is 9.88 Å². The number of amides is 2. The maximum absolute atomic E-state index is 12.6. The quantitative estimate of drug-likeness (QED) is 0.707. The second kappa shape index (κ2) is 7.58. The van der Waals surface area contributed by atoms with Gasteiger partial charge < -0.3 is 20.5 Å². The molecule has 3 aliphatic heterocycles. The summed E-state index contributed by atoms with van der Waals surface area (Å²) in [5.41, 5.74) is 8.29. The minimum absolute atomic E-state index is 0.00768. The van der Waals surface area contributed by atoms with Crippen LogP contribution in [0.1, 0.15) is 23.6 Å². The molecule has 1 aromatic heterocycles. The third kappa shape index (κ3) is 3.51. The highest BCUT2D eigenvalue weighted by molar-refractivity contribution is 6.31. The van der Waals surface area contributed by atoms with Crippen molar-refractivity contribution < 1.29 is 19.1 Å². The van der Waals surface area contributed by atoms with Gasteiger partial charge in [0, 0.05) is 24.2 Å².